The third-order valence-electron chi connectivity index (χ3n) is 4.47. The van der Waals surface area contributed by atoms with Crippen LogP contribution < -0.4 is 9.64 Å². The van der Waals surface area contributed by atoms with E-state index in [1.54, 1.807) is 18.2 Å². The van der Waals surface area contributed by atoms with Crippen LogP contribution in [0.5, 0.6) is 5.75 Å². The lowest BCUT2D eigenvalue weighted by Crippen LogP contribution is -2.26. The number of nitrogens with zero attached hydrogens (tertiary/aromatic N) is 2. The van der Waals surface area contributed by atoms with Crippen LogP contribution in [0.1, 0.15) is 12.8 Å². The van der Waals surface area contributed by atoms with Crippen LogP contribution in [0.4, 0.5) is 10.6 Å². The van der Waals surface area contributed by atoms with Gasteiger partial charge in [0.25, 0.3) is 0 Å². The highest BCUT2D eigenvalue weighted by molar-refractivity contribution is 6.31. The molecule has 0 unspecified atom stereocenters. The zero-order valence-electron chi connectivity index (χ0n) is 14.2. The standard InChI is InChI=1S/C20H15ClN2O4/c21-13-8-9-15-14(11-13)17(12-5-2-1-3-6-12)18(27-20(25)26)19(22-15)23-10-4-7-16(23)24/h1-3,5-6,8-9,11H,4,7,10H2,(H,25,26). The predicted molar refractivity (Wildman–Crippen MR) is 102 cm³/mol. The quantitative estimate of drug-likeness (QED) is 0.662. The van der Waals surface area contributed by atoms with Gasteiger partial charge in [-0.2, -0.15) is 0 Å². The number of pyridine rings is 1. The lowest BCUT2D eigenvalue weighted by molar-refractivity contribution is -0.117. The van der Waals surface area contributed by atoms with Crippen LogP contribution in [0, 0.1) is 0 Å². The molecule has 0 saturated carbocycles. The Balaban J connectivity index is 2.09. The van der Waals surface area contributed by atoms with Gasteiger partial charge in [0.15, 0.2) is 11.6 Å². The molecule has 2 heterocycles. The molecule has 1 aromatic heterocycles. The zero-order valence-corrected chi connectivity index (χ0v) is 14.9. The molecule has 4 rings (SSSR count). The molecule has 6 nitrogen and oxygen atoms in total. The van der Waals surface area contributed by atoms with Crippen LogP contribution in [0.2, 0.25) is 5.02 Å². The first kappa shape index (κ1) is 17.3. The molecule has 0 atom stereocenters. The second-order valence-electron chi connectivity index (χ2n) is 6.18. The fourth-order valence-corrected chi connectivity index (χ4v) is 3.51. The normalized spacial score (nSPS) is 14.0. The minimum atomic E-state index is -1.47. The Morgan fingerprint density at radius 2 is 1.96 bits per heavy atom. The molecule has 0 radical (unpaired) electrons. The number of carbonyl (C=O) groups is 2. The van der Waals surface area contributed by atoms with Crippen LogP contribution in [-0.2, 0) is 4.79 Å². The van der Waals surface area contributed by atoms with E-state index in [0.29, 0.717) is 40.9 Å². The number of carbonyl (C=O) groups excluding carboxylic acids is 1. The summed E-state index contributed by atoms with van der Waals surface area (Å²) in [4.78, 5) is 29.8. The van der Waals surface area contributed by atoms with E-state index in [-0.39, 0.29) is 17.5 Å². The molecule has 1 amide bonds. The van der Waals surface area contributed by atoms with Crippen molar-refractivity contribution in [3.63, 3.8) is 0 Å². The number of ether oxygens (including phenoxy) is 1. The average molecular weight is 383 g/mol. The Hall–Kier alpha value is -3.12. The van der Waals surface area contributed by atoms with Gasteiger partial charge in [0.2, 0.25) is 5.91 Å². The lowest BCUT2D eigenvalue weighted by atomic mass is 9.99. The molecule has 136 valence electrons. The van der Waals surface area contributed by atoms with Crippen molar-refractivity contribution in [2.45, 2.75) is 12.8 Å². The predicted octanol–water partition coefficient (Wildman–Crippen LogP) is 4.74. The third-order valence-corrected chi connectivity index (χ3v) is 4.70. The number of halogens is 1. The molecule has 1 aliphatic heterocycles. The minimum Gasteiger partial charge on any atom is -0.449 e. The summed E-state index contributed by atoms with van der Waals surface area (Å²) in [6, 6.07) is 14.4. The van der Waals surface area contributed by atoms with Crippen molar-refractivity contribution in [3.05, 3.63) is 53.6 Å². The fraction of sp³-hybridized carbons (Fsp3) is 0.150. The van der Waals surface area contributed by atoms with Gasteiger partial charge in [-0.15, -0.1) is 0 Å². The first-order valence-electron chi connectivity index (χ1n) is 8.44. The van der Waals surface area contributed by atoms with Crippen LogP contribution in [0.25, 0.3) is 22.0 Å². The van der Waals surface area contributed by atoms with Crippen molar-refractivity contribution < 1.29 is 19.4 Å². The van der Waals surface area contributed by atoms with E-state index in [1.807, 2.05) is 30.3 Å². The maximum atomic E-state index is 12.3. The molecule has 0 bridgehead atoms. The first-order valence-corrected chi connectivity index (χ1v) is 8.82. The lowest BCUT2D eigenvalue weighted by Gasteiger charge is -2.21. The van der Waals surface area contributed by atoms with Gasteiger partial charge in [-0.1, -0.05) is 41.9 Å². The highest BCUT2D eigenvalue weighted by Gasteiger charge is 2.30. The van der Waals surface area contributed by atoms with Gasteiger partial charge >= 0.3 is 6.16 Å². The number of rotatable bonds is 3. The molecule has 3 aromatic rings. The molecular formula is C20H15ClN2O4. The number of anilines is 1. The number of carboxylic acid groups (broad SMARTS) is 1. The maximum Gasteiger partial charge on any atom is 0.511 e. The number of benzene rings is 2. The monoisotopic (exact) mass is 382 g/mol. The van der Waals surface area contributed by atoms with Crippen LogP contribution >= 0.6 is 11.6 Å². The van der Waals surface area contributed by atoms with Crippen molar-refractivity contribution in [2.75, 3.05) is 11.4 Å². The highest BCUT2D eigenvalue weighted by atomic mass is 35.5. The van der Waals surface area contributed by atoms with Gasteiger partial charge in [-0.3, -0.25) is 9.69 Å². The van der Waals surface area contributed by atoms with Gasteiger partial charge in [-0.05, 0) is 30.2 Å². The summed E-state index contributed by atoms with van der Waals surface area (Å²) in [6.45, 7) is 0.467. The minimum absolute atomic E-state index is 0.0405. The fourth-order valence-electron chi connectivity index (χ4n) is 3.34. The Kier molecular flexibility index (Phi) is 4.41. The molecule has 0 aliphatic carbocycles. The van der Waals surface area contributed by atoms with Gasteiger partial charge in [0, 0.05) is 28.9 Å². The summed E-state index contributed by atoms with van der Waals surface area (Å²) in [5, 5.41) is 10.5. The molecular weight excluding hydrogens is 368 g/mol. The number of hydrogen-bond donors (Lipinski definition) is 1. The smallest absolute Gasteiger partial charge is 0.449 e. The number of hydrogen-bond acceptors (Lipinski definition) is 4. The van der Waals surface area contributed by atoms with E-state index in [2.05, 4.69) is 4.98 Å². The largest absolute Gasteiger partial charge is 0.511 e. The summed E-state index contributed by atoms with van der Waals surface area (Å²) >= 11 is 6.18. The summed E-state index contributed by atoms with van der Waals surface area (Å²) in [5.41, 5.74) is 1.89. The van der Waals surface area contributed by atoms with Crippen molar-refractivity contribution >= 4 is 40.4 Å². The van der Waals surface area contributed by atoms with Crippen molar-refractivity contribution in [1.82, 2.24) is 4.98 Å². The van der Waals surface area contributed by atoms with Gasteiger partial charge in [0.05, 0.1) is 5.52 Å². The van der Waals surface area contributed by atoms with Gasteiger partial charge < -0.3 is 9.84 Å². The number of fused-ring (bicyclic) bond motifs is 1. The summed E-state index contributed by atoms with van der Waals surface area (Å²) < 4.78 is 5.16. The van der Waals surface area contributed by atoms with Crippen LogP contribution in [0.3, 0.4) is 0 Å². The SMILES string of the molecule is O=C(O)Oc1c(N2CCCC2=O)nc2ccc(Cl)cc2c1-c1ccccc1. The molecule has 7 heteroatoms. The van der Waals surface area contributed by atoms with E-state index in [1.165, 1.54) is 4.90 Å². The second-order valence-corrected chi connectivity index (χ2v) is 6.62. The van der Waals surface area contributed by atoms with Gasteiger partial charge in [-0.25, -0.2) is 9.78 Å². The summed E-state index contributed by atoms with van der Waals surface area (Å²) in [7, 11) is 0. The Morgan fingerprint density at radius 3 is 2.63 bits per heavy atom. The third kappa shape index (κ3) is 3.19. The van der Waals surface area contributed by atoms with Crippen LogP contribution in [-0.4, -0.2) is 28.7 Å². The molecule has 27 heavy (non-hydrogen) atoms. The topological polar surface area (TPSA) is 79.7 Å². The molecule has 0 spiro atoms. The average Bonchev–Trinajstić information content (AvgIpc) is 3.07. The Labute approximate surface area is 160 Å². The molecule has 1 aliphatic rings. The van der Waals surface area contributed by atoms with Crippen molar-refractivity contribution in [3.8, 4) is 16.9 Å². The zero-order chi connectivity index (χ0) is 19.0. The van der Waals surface area contributed by atoms with Crippen molar-refractivity contribution in [2.24, 2.45) is 0 Å². The highest BCUT2D eigenvalue weighted by Crippen LogP contribution is 2.44. The Bertz CT molecular complexity index is 1050. The maximum absolute atomic E-state index is 12.3. The van der Waals surface area contributed by atoms with E-state index >= 15 is 0 Å². The van der Waals surface area contributed by atoms with Crippen molar-refractivity contribution in [1.29, 1.82) is 0 Å². The number of amides is 1. The molecule has 1 saturated heterocycles. The second kappa shape index (κ2) is 6.89. The van der Waals surface area contributed by atoms with Gasteiger partial charge in [0.1, 0.15) is 0 Å². The van der Waals surface area contributed by atoms with Crippen LogP contribution in [0.15, 0.2) is 48.5 Å². The number of aromatic nitrogens is 1. The van der Waals surface area contributed by atoms with E-state index < -0.39 is 6.16 Å². The van der Waals surface area contributed by atoms with E-state index in [4.69, 9.17) is 16.3 Å². The van der Waals surface area contributed by atoms with E-state index in [9.17, 15) is 14.7 Å². The van der Waals surface area contributed by atoms with E-state index in [0.717, 1.165) is 5.56 Å². The molecule has 2 aromatic carbocycles. The molecule has 1 N–H and O–H groups in total. The first-order chi connectivity index (χ1) is 13.0. The summed E-state index contributed by atoms with van der Waals surface area (Å²) in [5.74, 6) is 0.150. The molecule has 1 fully saturated rings. The summed E-state index contributed by atoms with van der Waals surface area (Å²) in [6.07, 6.45) is -0.386. The Morgan fingerprint density at radius 1 is 1.19 bits per heavy atom.